The topological polar surface area (TPSA) is 281 Å². The van der Waals surface area contributed by atoms with Crippen molar-refractivity contribution in [3.63, 3.8) is 0 Å². The van der Waals surface area contributed by atoms with Crippen LogP contribution < -0.4 is 36.6 Å². The lowest BCUT2D eigenvalue weighted by atomic mass is 9.84. The van der Waals surface area contributed by atoms with Crippen molar-refractivity contribution in [1.82, 2.24) is 46.6 Å². The van der Waals surface area contributed by atoms with Crippen molar-refractivity contribution in [2.75, 3.05) is 13.1 Å². The number of hydrogen-bond donors (Lipinski definition) is 7. The molecule has 2 fully saturated rings. The van der Waals surface area contributed by atoms with E-state index < -0.39 is 98.7 Å². The molecule has 0 bridgehead atoms. The molecule has 2 aliphatic rings. The minimum atomic E-state index is -4.63. The van der Waals surface area contributed by atoms with Gasteiger partial charge in [0.15, 0.2) is 0 Å². The Kier molecular flexibility index (Phi) is 19.8. The average molecular weight is 945 g/mol. The number of nitrogens with one attached hydrogen (secondary N) is 7. The van der Waals surface area contributed by atoms with Gasteiger partial charge >= 0.3 is 0 Å². The van der Waals surface area contributed by atoms with Gasteiger partial charge in [-0.25, -0.2) is 18.1 Å². The number of rotatable bonds is 24. The second kappa shape index (κ2) is 24.7. The molecule has 356 valence electrons. The zero-order chi connectivity index (χ0) is 47.8. The summed E-state index contributed by atoms with van der Waals surface area (Å²) >= 11 is 6.12. The molecule has 2 aromatic rings. The van der Waals surface area contributed by atoms with Crippen LogP contribution in [0.1, 0.15) is 126 Å². The Morgan fingerprint density at radius 3 is 2.05 bits per heavy atom. The summed E-state index contributed by atoms with van der Waals surface area (Å²) in [5.74, 6) is -6.80. The summed E-state index contributed by atoms with van der Waals surface area (Å²) in [6.07, 6.45) is 11.4. The first-order chi connectivity index (χ1) is 30.8. The third kappa shape index (κ3) is 16.2. The quantitative estimate of drug-likeness (QED) is 0.0748. The Balaban J connectivity index is 1.41. The van der Waals surface area contributed by atoms with Crippen LogP contribution in [0.5, 0.6) is 0 Å². The van der Waals surface area contributed by atoms with E-state index in [-0.39, 0.29) is 47.4 Å². The minimum absolute atomic E-state index is 0.00478. The van der Waals surface area contributed by atoms with Gasteiger partial charge in [0, 0.05) is 24.5 Å². The summed E-state index contributed by atoms with van der Waals surface area (Å²) in [5, 5.41) is 15.4. The highest BCUT2D eigenvalue weighted by molar-refractivity contribution is 7.90. The van der Waals surface area contributed by atoms with Gasteiger partial charge in [0.25, 0.3) is 33.7 Å². The fraction of sp³-hybridized carbons (Fsp3) is 0.591. The number of Topliss-reactive ketones (excluding diaryl/α,β-unsaturated/α-hetero) is 1. The van der Waals surface area contributed by atoms with E-state index in [9.17, 15) is 46.8 Å². The number of hydrogen-bond acceptors (Lipinski definition) is 12. The second-order valence-corrected chi connectivity index (χ2v) is 19.3. The summed E-state index contributed by atoms with van der Waals surface area (Å²) in [6.45, 7) is 8.39. The van der Waals surface area contributed by atoms with Crippen molar-refractivity contribution in [2.45, 2.75) is 134 Å². The SMILES string of the molecule is CC[C@H](NC(=O)[C@H](CC1CCCCC1)NC(=O)[C@@H](NC(=O)[C@H](CC(C)C)NC(=O)c1cnccn1)[C@@H](C)CC)C(=O)C(=O)NCC(=O)NS(=O)(=O)c1cc(C(=O)NCC2CC2)ccc1Cl. The molecule has 2 saturated carbocycles. The third-order valence-corrected chi connectivity index (χ3v) is 13.4. The molecule has 1 heterocycles. The summed E-state index contributed by atoms with van der Waals surface area (Å²) in [5.41, 5.74) is 0.0140. The van der Waals surface area contributed by atoms with E-state index >= 15 is 0 Å². The van der Waals surface area contributed by atoms with Crippen molar-refractivity contribution in [2.24, 2.45) is 23.7 Å². The van der Waals surface area contributed by atoms with Gasteiger partial charge in [-0.05, 0) is 74.0 Å². The van der Waals surface area contributed by atoms with Gasteiger partial charge in [0.2, 0.25) is 23.5 Å². The lowest BCUT2D eigenvalue weighted by molar-refractivity contribution is -0.141. The van der Waals surface area contributed by atoms with Crippen LogP contribution in [-0.2, 0) is 38.8 Å². The van der Waals surface area contributed by atoms with Crippen molar-refractivity contribution in [3.05, 3.63) is 53.1 Å². The Labute approximate surface area is 385 Å². The second-order valence-electron chi connectivity index (χ2n) is 17.3. The van der Waals surface area contributed by atoms with Gasteiger partial charge in [0.1, 0.15) is 28.7 Å². The van der Waals surface area contributed by atoms with Crippen molar-refractivity contribution >= 4 is 68.8 Å². The number of aromatic nitrogens is 2. The van der Waals surface area contributed by atoms with Crippen LogP contribution in [0.3, 0.4) is 0 Å². The molecule has 0 spiro atoms. The van der Waals surface area contributed by atoms with Crippen LogP contribution in [-0.4, -0.2) is 103 Å². The normalized spacial score (nSPS) is 16.4. The summed E-state index contributed by atoms with van der Waals surface area (Å²) in [4.78, 5) is 114. The van der Waals surface area contributed by atoms with E-state index in [0.29, 0.717) is 18.9 Å². The van der Waals surface area contributed by atoms with Crippen molar-refractivity contribution in [3.8, 4) is 0 Å². The first kappa shape index (κ1) is 52.1. The van der Waals surface area contributed by atoms with Crippen molar-refractivity contribution < 1.29 is 46.8 Å². The molecule has 0 aliphatic heterocycles. The molecule has 0 radical (unpaired) electrons. The molecule has 7 N–H and O–H groups in total. The maximum atomic E-state index is 14.1. The van der Waals surface area contributed by atoms with Crippen LogP contribution in [0, 0.1) is 23.7 Å². The first-order valence-electron chi connectivity index (χ1n) is 22.3. The average Bonchev–Trinajstić information content (AvgIpc) is 4.12. The molecule has 2 aliphatic carbocycles. The largest absolute Gasteiger partial charge is 0.352 e. The number of carbonyl (C=O) groups excluding carboxylic acids is 8. The molecule has 4 rings (SSSR count). The smallest absolute Gasteiger partial charge is 0.290 e. The molecular weight excluding hydrogens is 882 g/mol. The van der Waals surface area contributed by atoms with Gasteiger partial charge in [-0.15, -0.1) is 0 Å². The van der Waals surface area contributed by atoms with E-state index in [4.69, 9.17) is 11.6 Å². The standard InChI is InChI=1S/C44H62ClN9O10S/c1-6-26(5)37(53-41(59)32(19-25(3)4)51-42(60)34-23-46-17-18-47-34)43(61)52-33(20-27-11-9-8-10-12-27)40(58)50-31(7-2)38(56)44(62)49-24-36(55)54-65(63,64)35-21-29(15-16-30(35)45)39(57)48-22-28-13-14-28/h15-18,21,23,25-28,31-33,37H,6-14,19-20,22,24H2,1-5H3,(H,48,57)(H,49,62)(H,50,58)(H,51,60)(H,52,61)(H,53,59)(H,54,55)/t26-,31-,32-,33-,37-/m0/s1. The van der Waals surface area contributed by atoms with Crippen LogP contribution >= 0.6 is 11.6 Å². The van der Waals surface area contributed by atoms with Crippen LogP contribution in [0.25, 0.3) is 0 Å². The maximum Gasteiger partial charge on any atom is 0.290 e. The predicted molar refractivity (Wildman–Crippen MR) is 239 cm³/mol. The van der Waals surface area contributed by atoms with E-state index in [1.807, 2.05) is 20.8 Å². The summed E-state index contributed by atoms with van der Waals surface area (Å²) in [6, 6.07) is -1.16. The molecule has 0 saturated heterocycles. The number of benzene rings is 1. The third-order valence-electron chi connectivity index (χ3n) is 11.5. The van der Waals surface area contributed by atoms with Gasteiger partial charge in [0.05, 0.1) is 23.8 Å². The lowest BCUT2D eigenvalue weighted by Gasteiger charge is -2.31. The molecule has 1 aromatic carbocycles. The maximum absolute atomic E-state index is 14.1. The van der Waals surface area contributed by atoms with E-state index in [1.165, 1.54) is 30.7 Å². The number of sulfonamides is 1. The lowest BCUT2D eigenvalue weighted by Crippen LogP contribution is -2.60. The monoisotopic (exact) mass is 943 g/mol. The van der Waals surface area contributed by atoms with Gasteiger partial charge in [-0.3, -0.25) is 43.3 Å². The fourth-order valence-electron chi connectivity index (χ4n) is 7.34. The summed E-state index contributed by atoms with van der Waals surface area (Å²) < 4.78 is 28.0. The van der Waals surface area contributed by atoms with Gasteiger partial charge < -0.3 is 31.9 Å². The predicted octanol–water partition coefficient (Wildman–Crippen LogP) is 2.49. The molecule has 7 amide bonds. The molecule has 21 heteroatoms. The number of nitrogens with zero attached hydrogens (tertiary/aromatic N) is 2. The molecular formula is C44H62ClN9O10S. The molecule has 0 unspecified atom stereocenters. The van der Waals surface area contributed by atoms with E-state index in [0.717, 1.165) is 51.0 Å². The van der Waals surface area contributed by atoms with E-state index in [2.05, 4.69) is 41.9 Å². The minimum Gasteiger partial charge on any atom is -0.352 e. The highest BCUT2D eigenvalue weighted by atomic mass is 35.5. The van der Waals surface area contributed by atoms with Gasteiger partial charge in [-0.2, -0.15) is 0 Å². The summed E-state index contributed by atoms with van der Waals surface area (Å²) in [7, 11) is -4.63. The number of halogens is 1. The molecule has 19 nitrogen and oxygen atoms in total. The van der Waals surface area contributed by atoms with Crippen LogP contribution in [0.4, 0.5) is 0 Å². The van der Waals surface area contributed by atoms with Gasteiger partial charge in [-0.1, -0.05) is 84.7 Å². The number of amides is 7. The van der Waals surface area contributed by atoms with E-state index in [1.54, 1.807) is 18.6 Å². The first-order valence-corrected chi connectivity index (χ1v) is 24.1. The van der Waals surface area contributed by atoms with Crippen LogP contribution in [0.2, 0.25) is 5.02 Å². The fourth-order valence-corrected chi connectivity index (χ4v) is 8.85. The highest BCUT2D eigenvalue weighted by Crippen LogP contribution is 2.29. The zero-order valence-corrected chi connectivity index (χ0v) is 39.1. The Morgan fingerprint density at radius 1 is 0.754 bits per heavy atom. The van der Waals surface area contributed by atoms with Crippen LogP contribution in [0.15, 0.2) is 41.7 Å². The molecule has 5 atom stereocenters. The Hall–Kier alpha value is -5.50. The Morgan fingerprint density at radius 2 is 1.43 bits per heavy atom. The highest BCUT2D eigenvalue weighted by Gasteiger charge is 2.36. The molecule has 1 aromatic heterocycles. The molecule has 65 heavy (non-hydrogen) atoms. The Bertz CT molecular complexity index is 2150. The van der Waals surface area contributed by atoms with Crippen molar-refractivity contribution in [1.29, 1.82) is 0 Å². The zero-order valence-electron chi connectivity index (χ0n) is 37.5. The number of carbonyl (C=O) groups is 8. The number of ketones is 1.